The third-order valence-corrected chi connectivity index (χ3v) is 7.20. The molecule has 3 aliphatic rings. The van der Waals surface area contributed by atoms with Crippen LogP contribution in [0.2, 0.25) is 0 Å². The van der Waals surface area contributed by atoms with Crippen molar-refractivity contribution in [3.63, 3.8) is 0 Å². The average molecular weight is 459 g/mol. The molecular weight excluding hydrogens is 438 g/mol. The van der Waals surface area contributed by atoms with Crippen molar-refractivity contribution in [1.29, 1.82) is 5.53 Å². The summed E-state index contributed by atoms with van der Waals surface area (Å²) in [6.45, 7) is 1.56. The van der Waals surface area contributed by atoms with E-state index in [1.165, 1.54) is 0 Å². The molecule has 7 atom stereocenters. The highest BCUT2D eigenvalue weighted by molar-refractivity contribution is 6.20. The van der Waals surface area contributed by atoms with Gasteiger partial charge in [0.25, 0.3) is 5.91 Å². The topological polar surface area (TPSA) is 258 Å². The van der Waals surface area contributed by atoms with Crippen molar-refractivity contribution >= 4 is 28.8 Å². The SMILES string of the molecule is C[C@H]1c2c(N)cc(N=[N+]=N)c([O-])c2C(=O)C2C1[C@H](O)C1CC(=O)C(C(N)=O)=C(O)C1(O)[C@@H]2O. The van der Waals surface area contributed by atoms with Crippen LogP contribution in [0.4, 0.5) is 11.4 Å². The van der Waals surface area contributed by atoms with Crippen LogP contribution in [0.5, 0.6) is 5.75 Å². The summed E-state index contributed by atoms with van der Waals surface area (Å²) in [5.41, 5.74) is 13.6. The van der Waals surface area contributed by atoms with Crippen LogP contribution in [-0.2, 0) is 9.59 Å². The van der Waals surface area contributed by atoms with Crippen molar-refractivity contribution in [1.82, 2.24) is 4.91 Å². The minimum Gasteiger partial charge on any atom is -0.870 e. The number of fused-ring (bicyclic) bond motifs is 3. The van der Waals surface area contributed by atoms with Crippen LogP contribution in [0.1, 0.15) is 35.2 Å². The van der Waals surface area contributed by atoms with Gasteiger partial charge in [-0.15, -0.1) is 0 Å². The molecule has 0 bridgehead atoms. The fourth-order valence-corrected chi connectivity index (χ4v) is 5.76. The van der Waals surface area contributed by atoms with Gasteiger partial charge >= 0.3 is 0 Å². The molecule has 0 aliphatic heterocycles. The molecule has 1 saturated carbocycles. The van der Waals surface area contributed by atoms with Crippen LogP contribution >= 0.6 is 0 Å². The lowest BCUT2D eigenvalue weighted by Gasteiger charge is -2.56. The number of nitrogen functional groups attached to an aromatic ring is 1. The second kappa shape index (κ2) is 7.18. The van der Waals surface area contributed by atoms with E-state index in [1.54, 1.807) is 6.92 Å². The summed E-state index contributed by atoms with van der Waals surface area (Å²) in [4.78, 5) is 40.4. The average Bonchev–Trinajstić information content (AvgIpc) is 2.73. The molecule has 1 aromatic carbocycles. The van der Waals surface area contributed by atoms with E-state index in [2.05, 4.69) is 10.0 Å². The van der Waals surface area contributed by atoms with Gasteiger partial charge in [0.2, 0.25) is 4.91 Å². The fourth-order valence-electron chi connectivity index (χ4n) is 5.76. The highest BCUT2D eigenvalue weighted by atomic mass is 16.4. The van der Waals surface area contributed by atoms with Crippen molar-refractivity contribution in [3.05, 3.63) is 28.5 Å². The molecule has 0 heterocycles. The molecular formula is C20H21N5O8. The molecule has 4 unspecified atom stereocenters. The number of rotatable bonds is 2. The number of hydrogen-bond acceptors (Lipinski definition) is 11. The molecule has 0 spiro atoms. The van der Waals surface area contributed by atoms with E-state index >= 15 is 0 Å². The molecule has 1 aromatic rings. The number of primary amides is 1. The van der Waals surface area contributed by atoms with E-state index in [0.717, 1.165) is 6.07 Å². The Hall–Kier alpha value is -3.64. The third-order valence-electron chi connectivity index (χ3n) is 7.20. The van der Waals surface area contributed by atoms with Crippen LogP contribution in [0.3, 0.4) is 0 Å². The largest absolute Gasteiger partial charge is 0.870 e. The van der Waals surface area contributed by atoms with E-state index < -0.39 is 88.0 Å². The molecule has 9 N–H and O–H groups in total. The Morgan fingerprint density at radius 3 is 2.58 bits per heavy atom. The van der Waals surface area contributed by atoms with Crippen LogP contribution in [0.15, 0.2) is 22.5 Å². The smallest absolute Gasteiger partial charge is 0.255 e. The molecule has 0 saturated heterocycles. The molecule has 3 aliphatic carbocycles. The molecule has 4 rings (SSSR count). The second-order valence-corrected chi connectivity index (χ2v) is 8.64. The van der Waals surface area contributed by atoms with Crippen molar-refractivity contribution in [3.8, 4) is 5.75 Å². The number of aliphatic hydroxyl groups excluding tert-OH is 3. The number of hydrogen-bond donors (Lipinski definition) is 7. The first-order valence-electron chi connectivity index (χ1n) is 9.99. The van der Waals surface area contributed by atoms with Crippen LogP contribution in [0, 0.1) is 23.3 Å². The summed E-state index contributed by atoms with van der Waals surface area (Å²) in [5, 5.41) is 60.4. The summed E-state index contributed by atoms with van der Waals surface area (Å²) in [5.74, 6) is -10.4. The Balaban J connectivity index is 1.97. The number of nitrogens with zero attached hydrogens (tertiary/aromatic N) is 2. The zero-order valence-electron chi connectivity index (χ0n) is 17.2. The lowest BCUT2D eigenvalue weighted by molar-refractivity contribution is -0.268. The van der Waals surface area contributed by atoms with Gasteiger partial charge in [-0.2, -0.15) is 0 Å². The molecule has 174 valence electrons. The van der Waals surface area contributed by atoms with Crippen molar-refractivity contribution in [2.45, 2.75) is 37.1 Å². The number of anilines is 1. The van der Waals surface area contributed by atoms with E-state index in [1.807, 2.05) is 0 Å². The number of benzene rings is 1. The van der Waals surface area contributed by atoms with Crippen molar-refractivity contribution < 1.29 is 39.9 Å². The predicted molar refractivity (Wildman–Crippen MR) is 106 cm³/mol. The predicted octanol–water partition coefficient (Wildman–Crippen LogP) is -1.59. The minimum absolute atomic E-state index is 0.0210. The van der Waals surface area contributed by atoms with Crippen molar-refractivity contribution in [2.75, 3.05) is 5.73 Å². The zero-order valence-corrected chi connectivity index (χ0v) is 17.2. The first-order valence-corrected chi connectivity index (χ1v) is 9.99. The van der Waals surface area contributed by atoms with E-state index in [0.29, 0.717) is 0 Å². The number of amides is 1. The van der Waals surface area contributed by atoms with Gasteiger partial charge in [0, 0.05) is 29.5 Å². The fraction of sp³-hybridized carbons (Fsp3) is 0.450. The Kier molecular flexibility index (Phi) is 4.91. The number of carbonyl (C=O) groups excluding carboxylic acids is 3. The number of nitrogens with two attached hydrogens (primary N) is 2. The molecule has 33 heavy (non-hydrogen) atoms. The maximum atomic E-state index is 13.5. The maximum Gasteiger partial charge on any atom is 0.255 e. The Bertz CT molecular complexity index is 1210. The van der Waals surface area contributed by atoms with E-state index in [4.69, 9.17) is 17.0 Å². The third kappa shape index (κ3) is 2.70. The van der Waals surface area contributed by atoms with Gasteiger partial charge in [-0.05, 0) is 17.5 Å². The second-order valence-electron chi connectivity index (χ2n) is 8.64. The first kappa shape index (κ1) is 22.6. The van der Waals surface area contributed by atoms with Gasteiger partial charge in [0.05, 0.1) is 12.0 Å². The highest BCUT2D eigenvalue weighted by Crippen LogP contribution is 2.57. The van der Waals surface area contributed by atoms with Gasteiger partial charge in [0.1, 0.15) is 28.7 Å². The van der Waals surface area contributed by atoms with Crippen LogP contribution < -0.4 is 21.5 Å². The van der Waals surface area contributed by atoms with Gasteiger partial charge < -0.3 is 37.0 Å². The number of nitrogens with one attached hydrogen (secondary N) is 1. The number of Topliss-reactive ketones (excluding diaryl/α,β-unsaturated/α-hetero) is 2. The van der Waals surface area contributed by atoms with E-state index in [9.17, 15) is 39.9 Å². The lowest BCUT2D eigenvalue weighted by Crippen LogP contribution is -2.69. The van der Waals surface area contributed by atoms with E-state index in [-0.39, 0.29) is 16.9 Å². The summed E-state index contributed by atoms with van der Waals surface area (Å²) >= 11 is 0. The normalized spacial score (nSPS) is 35.3. The van der Waals surface area contributed by atoms with Crippen LogP contribution in [-0.4, -0.2) is 55.7 Å². The maximum absolute atomic E-state index is 13.5. The van der Waals surface area contributed by atoms with Crippen LogP contribution in [0.25, 0.3) is 0 Å². The summed E-state index contributed by atoms with van der Waals surface area (Å²) < 4.78 is 0. The van der Waals surface area contributed by atoms with Crippen molar-refractivity contribution in [2.24, 2.45) is 28.6 Å². The number of carbonyl (C=O) groups is 3. The highest BCUT2D eigenvalue weighted by Gasteiger charge is 2.67. The quantitative estimate of drug-likeness (QED) is 0.116. The zero-order chi connectivity index (χ0) is 24.6. The Morgan fingerprint density at radius 1 is 1.36 bits per heavy atom. The molecule has 1 fully saturated rings. The number of ketones is 2. The first-order chi connectivity index (χ1) is 15.4. The summed E-state index contributed by atoms with van der Waals surface area (Å²) in [6, 6.07) is 1.14. The molecule has 0 aromatic heterocycles. The van der Waals surface area contributed by atoms with Gasteiger partial charge in [-0.3, -0.25) is 14.4 Å². The van der Waals surface area contributed by atoms with Gasteiger partial charge in [-0.1, -0.05) is 12.7 Å². The monoisotopic (exact) mass is 459 g/mol. The molecule has 1 amide bonds. The summed E-state index contributed by atoms with van der Waals surface area (Å²) in [6.07, 6.45) is -4.35. The Labute approximate surface area is 185 Å². The Morgan fingerprint density at radius 2 is 2.00 bits per heavy atom. The molecule has 0 radical (unpaired) electrons. The number of aliphatic hydroxyl groups is 4. The minimum atomic E-state index is -2.75. The van der Waals surface area contributed by atoms with Gasteiger partial charge in [0.15, 0.2) is 22.3 Å². The molecule has 13 heteroatoms. The lowest BCUT2D eigenvalue weighted by atomic mass is 9.51. The van der Waals surface area contributed by atoms with Gasteiger partial charge in [-0.25, -0.2) is 0 Å². The summed E-state index contributed by atoms with van der Waals surface area (Å²) in [7, 11) is 0. The standard InChI is InChI=1S/C20H21N5O8/c1-4-9-6(21)3-7(24-25-23)15(28)12(9)16(29)13-10(4)14(27)5-2-8(26)11(19(22)32)17(30)20(5,33)18(13)31/h3-5,10,13-14,18,27,31,33H,2H2,1H3,(H6,21,22,23,24,26,30,32)/t4-,5?,10?,13?,14+,18+,20?/m0/s1. The molecule has 13 nitrogen and oxygen atoms in total.